The van der Waals surface area contributed by atoms with Crippen LogP contribution in [0.25, 0.3) is 0 Å². The van der Waals surface area contributed by atoms with E-state index in [2.05, 4.69) is 0 Å². The van der Waals surface area contributed by atoms with Crippen LogP contribution in [0.4, 0.5) is 0 Å². The molecule has 0 bridgehead atoms. The van der Waals surface area contributed by atoms with E-state index >= 15 is 0 Å². The molecule has 0 atom stereocenters. The fourth-order valence-electron chi connectivity index (χ4n) is 0. The van der Waals surface area contributed by atoms with Crippen molar-refractivity contribution in [2.45, 2.75) is 0 Å². The smallest absolute Gasteiger partial charge is 2.00 e. The molecule has 36 valence electrons. The van der Waals surface area contributed by atoms with Crippen molar-refractivity contribution >= 4 is 0 Å². The molecule has 0 radical (unpaired) electrons. The Balaban J connectivity index is 0. The molecular weight excluding hydrogens is 166 g/mol. The average Bonchev–Trinajstić information content (AvgIpc) is 0. The Morgan fingerprint density at radius 2 is 0.400 bits per heavy atom. The van der Waals surface area contributed by atoms with Crippen molar-refractivity contribution < 1.29 is 50.0 Å². The summed E-state index contributed by atoms with van der Waals surface area (Å²) in [6.45, 7) is 0. The zero-order chi connectivity index (χ0) is 0. The van der Waals surface area contributed by atoms with E-state index in [0.717, 1.165) is 0 Å². The minimum atomic E-state index is 0. The molecule has 0 spiro atoms. The van der Waals surface area contributed by atoms with Gasteiger partial charge in [0.15, 0.2) is 0 Å². The predicted molar refractivity (Wildman–Crippen MR) is 2.06 cm³/mol. The Morgan fingerprint density at radius 3 is 0.400 bits per heavy atom. The van der Waals surface area contributed by atoms with Crippen molar-refractivity contribution in [1.82, 2.24) is 0 Å². The van der Waals surface area contributed by atoms with Gasteiger partial charge in [-0.2, -0.15) is 0 Å². The van der Waals surface area contributed by atoms with E-state index in [9.17, 15) is 0 Å². The number of hydrogen-bond acceptors (Lipinski definition) is 0. The minimum Gasteiger partial charge on any atom is -2.00 e. The van der Waals surface area contributed by atoms with Crippen molar-refractivity contribution in [3.63, 3.8) is 0 Å². The van der Waals surface area contributed by atoms with Gasteiger partial charge in [0.25, 0.3) is 0 Å². The largest absolute Gasteiger partial charge is 3.00 e. The van der Waals surface area contributed by atoms with Crippen molar-refractivity contribution in [1.29, 1.82) is 0 Å². The second-order valence-corrected chi connectivity index (χ2v) is 0. The molecule has 0 rings (SSSR count). The zero-order valence-electron chi connectivity index (χ0n) is 1.89. The van der Waals surface area contributed by atoms with Crippen LogP contribution in [0.3, 0.4) is 0 Å². The average molecular weight is 166 g/mol. The van der Waals surface area contributed by atoms with Crippen molar-refractivity contribution in [3.8, 4) is 0 Å². The van der Waals surface area contributed by atoms with Crippen LogP contribution in [0.1, 0.15) is 0 Å². The molecule has 0 aliphatic carbocycles. The summed E-state index contributed by atoms with van der Waals surface area (Å²) in [4.78, 5) is 0. The van der Waals surface area contributed by atoms with Crippen molar-refractivity contribution in [2.75, 3.05) is 0 Å². The maximum absolute atomic E-state index is 0. The molecule has 0 amide bonds. The molecule has 0 aliphatic heterocycles. The first-order chi connectivity index (χ1) is 0. The molecule has 3 nitrogen and oxygen atoms in total. The Labute approximate surface area is 50.5 Å². The van der Waals surface area contributed by atoms with Crippen LogP contribution in [0.2, 0.25) is 0 Å². The molecule has 0 saturated carbocycles. The summed E-state index contributed by atoms with van der Waals surface area (Å²) in [6.07, 6.45) is 0. The van der Waals surface area contributed by atoms with Gasteiger partial charge < -0.3 is 16.4 Å². The Bertz CT molecular complexity index is 4.85. The summed E-state index contributed by atoms with van der Waals surface area (Å²) in [5.41, 5.74) is 0. The molecule has 0 unspecified atom stereocenters. The van der Waals surface area contributed by atoms with Crippen LogP contribution in [0.5, 0.6) is 0 Å². The van der Waals surface area contributed by atoms with E-state index in [1.54, 1.807) is 0 Å². The molecule has 0 aromatic heterocycles. The minimum absolute atomic E-state index is 0. The van der Waals surface area contributed by atoms with E-state index < -0.39 is 0 Å². The summed E-state index contributed by atoms with van der Waals surface area (Å²) in [5, 5.41) is 0. The van der Waals surface area contributed by atoms with Crippen LogP contribution in [-0.2, 0) is 50.0 Å². The molecule has 0 aromatic rings. The first-order valence-corrected chi connectivity index (χ1v) is 0. The predicted octanol–water partition coefficient (Wildman–Crippen LogP) is -0.361. The Kier molecular flexibility index (Phi) is 3290. The fourth-order valence-corrected chi connectivity index (χ4v) is 0. The van der Waals surface area contributed by atoms with Gasteiger partial charge in [0.1, 0.15) is 0 Å². The molecule has 0 fully saturated rings. The van der Waals surface area contributed by atoms with Gasteiger partial charge >= 0.3 is 33.6 Å². The van der Waals surface area contributed by atoms with E-state index in [1.165, 1.54) is 0 Å². The van der Waals surface area contributed by atoms with Crippen LogP contribution >= 0.6 is 0 Å². The monoisotopic (exact) mass is 166 g/mol. The van der Waals surface area contributed by atoms with E-state index in [1.807, 2.05) is 0 Å². The van der Waals surface area contributed by atoms with Gasteiger partial charge in [0, 0.05) is 0 Å². The first kappa shape index (κ1) is 177. The molecular formula is Co2O3. The van der Waals surface area contributed by atoms with E-state index in [4.69, 9.17) is 0 Å². The second kappa shape index (κ2) is 93.0. The van der Waals surface area contributed by atoms with Crippen molar-refractivity contribution in [3.05, 3.63) is 0 Å². The third kappa shape index (κ3) is 51.4. The quantitative estimate of drug-likeness (QED) is 0.470. The van der Waals surface area contributed by atoms with Gasteiger partial charge in [-0.3, -0.25) is 0 Å². The van der Waals surface area contributed by atoms with Gasteiger partial charge in [0.2, 0.25) is 0 Å². The molecule has 0 heterocycles. The summed E-state index contributed by atoms with van der Waals surface area (Å²) in [5.74, 6) is 0. The van der Waals surface area contributed by atoms with Gasteiger partial charge in [-0.05, 0) is 0 Å². The SMILES string of the molecule is [Co+3].[Co+3].[O-2].[O-2].[O-2]. The molecule has 0 saturated heterocycles. The topological polar surface area (TPSA) is 85.5 Å². The third-order valence-electron chi connectivity index (χ3n) is 0. The maximum Gasteiger partial charge on any atom is 3.00 e. The van der Waals surface area contributed by atoms with Crippen LogP contribution < -0.4 is 0 Å². The number of rotatable bonds is 0. The van der Waals surface area contributed by atoms with Crippen molar-refractivity contribution in [2.24, 2.45) is 0 Å². The Morgan fingerprint density at radius 1 is 0.400 bits per heavy atom. The van der Waals surface area contributed by atoms with Gasteiger partial charge in [-0.1, -0.05) is 0 Å². The Hall–Kier alpha value is 0.893. The maximum atomic E-state index is 0. The van der Waals surface area contributed by atoms with E-state index in [-0.39, 0.29) is 50.0 Å². The van der Waals surface area contributed by atoms with Crippen LogP contribution in [0, 0.1) is 0 Å². The molecule has 5 heavy (non-hydrogen) atoms. The first-order valence-electron chi connectivity index (χ1n) is 0. The summed E-state index contributed by atoms with van der Waals surface area (Å²) in [7, 11) is 0. The molecule has 0 aromatic carbocycles. The fraction of sp³-hybridized carbons (Fsp3) is 0. The third-order valence-corrected chi connectivity index (χ3v) is 0. The molecule has 5 heteroatoms. The molecule has 0 aliphatic rings. The van der Waals surface area contributed by atoms with Crippen LogP contribution in [-0.4, -0.2) is 0 Å². The summed E-state index contributed by atoms with van der Waals surface area (Å²) >= 11 is 0. The standard InChI is InChI=1S/2Co.3O/q2*+3;3*-2. The van der Waals surface area contributed by atoms with E-state index in [0.29, 0.717) is 0 Å². The normalized spacial score (nSPS) is 0. The van der Waals surface area contributed by atoms with Gasteiger partial charge in [0.05, 0.1) is 0 Å². The number of hydrogen-bond donors (Lipinski definition) is 0. The van der Waals surface area contributed by atoms with Crippen LogP contribution in [0.15, 0.2) is 0 Å². The van der Waals surface area contributed by atoms with Gasteiger partial charge in [-0.25, -0.2) is 0 Å². The summed E-state index contributed by atoms with van der Waals surface area (Å²) < 4.78 is 0. The second-order valence-electron chi connectivity index (χ2n) is 0. The zero-order valence-corrected chi connectivity index (χ0v) is 3.97. The summed E-state index contributed by atoms with van der Waals surface area (Å²) in [6, 6.07) is 0. The van der Waals surface area contributed by atoms with Gasteiger partial charge in [-0.15, -0.1) is 0 Å². The molecule has 0 N–H and O–H groups in total.